The lowest BCUT2D eigenvalue weighted by Crippen LogP contribution is -2.47. The Labute approximate surface area is 123 Å². The maximum atomic E-state index is 2.52. The molecule has 0 heteroatoms. The van der Waals surface area contributed by atoms with Gasteiger partial charge >= 0.3 is 0 Å². The van der Waals surface area contributed by atoms with Gasteiger partial charge in [-0.25, -0.2) is 0 Å². The predicted molar refractivity (Wildman–Crippen MR) is 89.5 cm³/mol. The van der Waals surface area contributed by atoms with Crippen LogP contribution in [0.25, 0.3) is 0 Å². The minimum Gasteiger partial charge on any atom is -0.0651 e. The first kappa shape index (κ1) is 19.0. The van der Waals surface area contributed by atoms with E-state index in [0.717, 1.165) is 17.8 Å². The van der Waals surface area contributed by atoms with Gasteiger partial charge < -0.3 is 0 Å². The van der Waals surface area contributed by atoms with Crippen molar-refractivity contribution in [3.8, 4) is 0 Å². The molecule has 0 N–H and O–H groups in total. The summed E-state index contributed by atoms with van der Waals surface area (Å²) in [5, 5.41) is 0. The zero-order valence-corrected chi connectivity index (χ0v) is 15.3. The summed E-state index contributed by atoms with van der Waals surface area (Å²) in [5.74, 6) is 2.45. The van der Waals surface area contributed by atoms with Crippen molar-refractivity contribution in [2.75, 3.05) is 0 Å². The molecule has 0 amide bonds. The number of hydrogen-bond donors (Lipinski definition) is 0. The van der Waals surface area contributed by atoms with Crippen LogP contribution in [-0.2, 0) is 0 Å². The Balaban J connectivity index is 5.58. The third-order valence-corrected chi connectivity index (χ3v) is 6.26. The molecule has 0 heterocycles. The Morgan fingerprint density at radius 3 is 1.47 bits per heavy atom. The maximum Gasteiger partial charge on any atom is -0.0195 e. The smallest absolute Gasteiger partial charge is 0.0195 e. The zero-order valence-electron chi connectivity index (χ0n) is 15.3. The second-order valence-electron chi connectivity index (χ2n) is 7.83. The van der Waals surface area contributed by atoms with Gasteiger partial charge in [-0.3, -0.25) is 0 Å². The molecule has 0 saturated carbocycles. The molecule has 0 radical (unpaired) electrons. The van der Waals surface area contributed by atoms with Gasteiger partial charge in [0.1, 0.15) is 0 Å². The first-order valence-corrected chi connectivity index (χ1v) is 8.69. The molecule has 0 fully saturated rings. The molecule has 0 bridgehead atoms. The third kappa shape index (κ3) is 3.99. The van der Waals surface area contributed by atoms with Crippen molar-refractivity contribution < 1.29 is 0 Å². The first-order chi connectivity index (χ1) is 8.69. The second-order valence-corrected chi connectivity index (χ2v) is 7.83. The van der Waals surface area contributed by atoms with E-state index in [0.29, 0.717) is 10.8 Å². The van der Waals surface area contributed by atoms with E-state index in [2.05, 4.69) is 62.3 Å². The average Bonchev–Trinajstić information content (AvgIpc) is 2.37. The standard InChI is InChI=1S/C19H40/c1-10-16(6)19(17(7)11-2,14-13-15(4)5)18(8,9)12-3/h15-17H,10-14H2,1-9H3. The molecule has 0 aliphatic carbocycles. The van der Waals surface area contributed by atoms with E-state index >= 15 is 0 Å². The largest absolute Gasteiger partial charge is 0.0651 e. The lowest BCUT2D eigenvalue weighted by Gasteiger charge is -2.55. The van der Waals surface area contributed by atoms with Crippen molar-refractivity contribution in [1.82, 2.24) is 0 Å². The van der Waals surface area contributed by atoms with E-state index in [-0.39, 0.29) is 0 Å². The summed E-state index contributed by atoms with van der Waals surface area (Å²) >= 11 is 0. The second kappa shape index (κ2) is 7.70. The predicted octanol–water partition coefficient (Wildman–Crippen LogP) is 6.94. The third-order valence-electron chi connectivity index (χ3n) is 6.26. The lowest BCUT2D eigenvalue weighted by molar-refractivity contribution is -0.0611. The van der Waals surface area contributed by atoms with Crippen LogP contribution in [0.3, 0.4) is 0 Å². The number of hydrogen-bond acceptors (Lipinski definition) is 0. The van der Waals surface area contributed by atoms with Gasteiger partial charge in [-0.2, -0.15) is 0 Å². The molecular weight excluding hydrogens is 228 g/mol. The van der Waals surface area contributed by atoms with Crippen molar-refractivity contribution in [2.24, 2.45) is 28.6 Å². The van der Waals surface area contributed by atoms with E-state index in [9.17, 15) is 0 Å². The Bertz CT molecular complexity index is 226. The molecule has 0 aromatic rings. The molecular formula is C19H40. The highest BCUT2D eigenvalue weighted by molar-refractivity contribution is 4.98. The molecule has 0 nitrogen and oxygen atoms in total. The van der Waals surface area contributed by atoms with E-state index in [1.807, 2.05) is 0 Å². The minimum atomic E-state index is 0.437. The molecule has 0 aliphatic rings. The lowest BCUT2D eigenvalue weighted by atomic mass is 9.50. The molecule has 0 aliphatic heterocycles. The van der Waals surface area contributed by atoms with Crippen LogP contribution in [0.5, 0.6) is 0 Å². The van der Waals surface area contributed by atoms with Crippen LogP contribution in [-0.4, -0.2) is 0 Å². The van der Waals surface area contributed by atoms with Gasteiger partial charge in [-0.15, -0.1) is 0 Å². The van der Waals surface area contributed by atoms with Gasteiger partial charge in [0.25, 0.3) is 0 Å². The van der Waals surface area contributed by atoms with Crippen LogP contribution in [0.1, 0.15) is 94.4 Å². The van der Waals surface area contributed by atoms with Crippen molar-refractivity contribution in [3.63, 3.8) is 0 Å². The van der Waals surface area contributed by atoms with E-state index in [4.69, 9.17) is 0 Å². The van der Waals surface area contributed by atoms with Crippen LogP contribution in [0.2, 0.25) is 0 Å². The molecule has 2 unspecified atom stereocenters. The Morgan fingerprint density at radius 1 is 0.789 bits per heavy atom. The minimum absolute atomic E-state index is 0.437. The van der Waals surface area contributed by atoms with Gasteiger partial charge in [0.05, 0.1) is 0 Å². The summed E-state index contributed by atoms with van der Waals surface area (Å²) in [6.45, 7) is 21.9. The van der Waals surface area contributed by atoms with Crippen molar-refractivity contribution in [3.05, 3.63) is 0 Å². The summed E-state index contributed by atoms with van der Waals surface area (Å²) < 4.78 is 0. The van der Waals surface area contributed by atoms with Gasteiger partial charge in [-0.05, 0) is 35.0 Å². The van der Waals surface area contributed by atoms with E-state index < -0.39 is 0 Å². The maximum absolute atomic E-state index is 2.52. The van der Waals surface area contributed by atoms with Crippen molar-refractivity contribution >= 4 is 0 Å². The summed E-state index contributed by atoms with van der Waals surface area (Å²) in [6, 6.07) is 0. The van der Waals surface area contributed by atoms with Crippen molar-refractivity contribution in [1.29, 1.82) is 0 Å². The summed E-state index contributed by atoms with van der Waals surface area (Å²) in [6.07, 6.45) is 6.69. The van der Waals surface area contributed by atoms with E-state index in [1.54, 1.807) is 0 Å². The monoisotopic (exact) mass is 268 g/mol. The molecule has 116 valence electrons. The number of rotatable bonds is 9. The van der Waals surface area contributed by atoms with Crippen molar-refractivity contribution in [2.45, 2.75) is 94.4 Å². The van der Waals surface area contributed by atoms with Crippen LogP contribution in [0, 0.1) is 28.6 Å². The molecule has 0 saturated heterocycles. The molecule has 0 aromatic heterocycles. The fourth-order valence-corrected chi connectivity index (χ4v) is 4.24. The van der Waals surface area contributed by atoms with Gasteiger partial charge in [0.2, 0.25) is 0 Å². The Morgan fingerprint density at radius 2 is 1.21 bits per heavy atom. The van der Waals surface area contributed by atoms with Crippen LogP contribution in [0.4, 0.5) is 0 Å². The quantitative estimate of drug-likeness (QED) is 0.425. The van der Waals surface area contributed by atoms with Crippen LogP contribution < -0.4 is 0 Å². The summed E-state index contributed by atoms with van der Waals surface area (Å²) in [5.41, 5.74) is 0.933. The van der Waals surface area contributed by atoms with Crippen LogP contribution >= 0.6 is 0 Å². The molecule has 19 heavy (non-hydrogen) atoms. The van der Waals surface area contributed by atoms with Gasteiger partial charge in [0.15, 0.2) is 0 Å². The average molecular weight is 269 g/mol. The first-order valence-electron chi connectivity index (χ1n) is 8.69. The summed E-state index contributed by atoms with van der Waals surface area (Å²) in [7, 11) is 0. The van der Waals surface area contributed by atoms with Crippen LogP contribution in [0.15, 0.2) is 0 Å². The molecule has 0 spiro atoms. The normalized spacial score (nSPS) is 19.3. The van der Waals surface area contributed by atoms with Gasteiger partial charge in [0, 0.05) is 0 Å². The molecule has 0 rings (SSSR count). The van der Waals surface area contributed by atoms with Gasteiger partial charge in [-0.1, -0.05) is 88.0 Å². The fourth-order valence-electron chi connectivity index (χ4n) is 4.24. The fraction of sp³-hybridized carbons (Fsp3) is 1.00. The highest BCUT2D eigenvalue weighted by atomic mass is 14.5. The Hall–Kier alpha value is 0. The summed E-state index contributed by atoms with van der Waals surface area (Å²) in [4.78, 5) is 0. The zero-order chi connectivity index (χ0) is 15.3. The SMILES string of the molecule is CCC(C)C(CCC(C)C)(C(C)CC)C(C)(C)CC. The van der Waals surface area contributed by atoms with E-state index in [1.165, 1.54) is 32.1 Å². The Kier molecular flexibility index (Phi) is 7.70. The molecule has 2 atom stereocenters. The molecule has 0 aromatic carbocycles. The topological polar surface area (TPSA) is 0 Å². The highest BCUT2D eigenvalue weighted by Gasteiger charge is 2.49. The highest BCUT2D eigenvalue weighted by Crippen LogP contribution is 2.57.